The molecule has 0 bridgehead atoms. The van der Waals surface area contributed by atoms with E-state index in [1.165, 1.54) is 38.4 Å². The molecule has 2 aromatic carbocycles. The molecule has 1 fully saturated rings. The van der Waals surface area contributed by atoms with Crippen molar-refractivity contribution in [3.05, 3.63) is 42.0 Å². The summed E-state index contributed by atoms with van der Waals surface area (Å²) in [5.74, 6) is -0.524. The molecule has 2 amide bonds. The van der Waals surface area contributed by atoms with Crippen molar-refractivity contribution in [1.29, 1.82) is 0 Å². The molecule has 0 aromatic heterocycles. The molecule has 3 rings (SSSR count). The number of hydrogen-bond acceptors (Lipinski definition) is 5. The van der Waals surface area contributed by atoms with E-state index in [1.807, 2.05) is 0 Å². The monoisotopic (exact) mass is 438 g/mol. The summed E-state index contributed by atoms with van der Waals surface area (Å²) in [5.41, 5.74) is -0.403. The maximum atomic E-state index is 12.9. The molecule has 0 aliphatic carbocycles. The molecule has 1 aliphatic heterocycles. The highest BCUT2D eigenvalue weighted by molar-refractivity contribution is 6.03. The Bertz CT molecular complexity index is 968. The Morgan fingerprint density at radius 1 is 1.06 bits per heavy atom. The van der Waals surface area contributed by atoms with E-state index >= 15 is 0 Å². The maximum absolute atomic E-state index is 12.9. The molecule has 0 spiro atoms. The predicted molar refractivity (Wildman–Crippen MR) is 107 cm³/mol. The summed E-state index contributed by atoms with van der Waals surface area (Å²) in [4.78, 5) is 26.6. The van der Waals surface area contributed by atoms with Gasteiger partial charge in [-0.05, 0) is 18.2 Å². The van der Waals surface area contributed by atoms with E-state index in [0.717, 1.165) is 12.1 Å². The van der Waals surface area contributed by atoms with Crippen LogP contribution in [0.5, 0.6) is 17.2 Å². The molecule has 1 N–H and O–H groups in total. The Kier molecular flexibility index (Phi) is 6.28. The average Bonchev–Trinajstić information content (AvgIpc) is 3.14. The molecular weight excluding hydrogens is 417 g/mol. The minimum atomic E-state index is -4.52. The summed E-state index contributed by atoms with van der Waals surface area (Å²) in [5, 5.41) is 2.47. The van der Waals surface area contributed by atoms with Gasteiger partial charge in [-0.25, -0.2) is 0 Å². The van der Waals surface area contributed by atoms with Gasteiger partial charge in [-0.1, -0.05) is 6.07 Å². The molecule has 7 nitrogen and oxygen atoms in total. The Morgan fingerprint density at radius 3 is 2.26 bits per heavy atom. The molecule has 31 heavy (non-hydrogen) atoms. The Hall–Kier alpha value is -3.43. The van der Waals surface area contributed by atoms with Gasteiger partial charge in [0.25, 0.3) is 0 Å². The molecule has 1 saturated heterocycles. The van der Waals surface area contributed by atoms with Crippen molar-refractivity contribution in [3.8, 4) is 17.2 Å². The quantitative estimate of drug-likeness (QED) is 0.744. The van der Waals surface area contributed by atoms with Crippen LogP contribution in [0.1, 0.15) is 12.0 Å². The number of hydrogen-bond donors (Lipinski definition) is 1. The van der Waals surface area contributed by atoms with Crippen LogP contribution in [0.3, 0.4) is 0 Å². The summed E-state index contributed by atoms with van der Waals surface area (Å²) < 4.78 is 54.5. The SMILES string of the molecule is COc1cc(N2C[C@@H](C(=O)Nc3cccc(C(F)(F)F)c3)CC2=O)cc(OC)c1OC. The minimum absolute atomic E-state index is 0.0125. The van der Waals surface area contributed by atoms with Gasteiger partial charge in [-0.15, -0.1) is 0 Å². The van der Waals surface area contributed by atoms with Gasteiger partial charge >= 0.3 is 6.18 Å². The number of nitrogens with one attached hydrogen (secondary N) is 1. The summed E-state index contributed by atoms with van der Waals surface area (Å²) >= 11 is 0. The molecule has 1 atom stereocenters. The van der Waals surface area contributed by atoms with Crippen molar-refractivity contribution in [1.82, 2.24) is 0 Å². The van der Waals surface area contributed by atoms with E-state index in [2.05, 4.69) is 5.32 Å². The fourth-order valence-electron chi connectivity index (χ4n) is 3.37. The standard InChI is InChI=1S/C21H21F3N2O5/c1-29-16-9-15(10-17(30-2)19(16)31-3)26-11-12(7-18(26)27)20(28)25-14-6-4-5-13(8-14)21(22,23)24/h4-6,8-10,12H,7,11H2,1-3H3,(H,25,28)/t12-/m0/s1. The second kappa shape index (κ2) is 8.75. The highest BCUT2D eigenvalue weighted by Crippen LogP contribution is 2.42. The van der Waals surface area contributed by atoms with Crippen LogP contribution in [-0.4, -0.2) is 39.7 Å². The van der Waals surface area contributed by atoms with Crippen LogP contribution >= 0.6 is 0 Å². The van der Waals surface area contributed by atoms with Crippen molar-refractivity contribution in [2.45, 2.75) is 12.6 Å². The summed E-state index contributed by atoms with van der Waals surface area (Å²) in [6.45, 7) is 0.0578. The molecule has 1 aliphatic rings. The van der Waals surface area contributed by atoms with Crippen LogP contribution in [0.4, 0.5) is 24.5 Å². The van der Waals surface area contributed by atoms with Crippen molar-refractivity contribution < 1.29 is 37.0 Å². The van der Waals surface area contributed by atoms with Gasteiger partial charge in [-0.3, -0.25) is 9.59 Å². The van der Waals surface area contributed by atoms with Crippen molar-refractivity contribution >= 4 is 23.2 Å². The van der Waals surface area contributed by atoms with Crippen LogP contribution in [0, 0.1) is 5.92 Å². The molecule has 0 saturated carbocycles. The van der Waals surface area contributed by atoms with Gasteiger partial charge in [-0.2, -0.15) is 13.2 Å². The molecule has 10 heteroatoms. The average molecular weight is 438 g/mol. The molecular formula is C21H21F3N2O5. The van der Waals surface area contributed by atoms with Crippen LogP contribution in [0.2, 0.25) is 0 Å². The molecule has 0 radical (unpaired) electrons. The zero-order chi connectivity index (χ0) is 22.8. The fourth-order valence-corrected chi connectivity index (χ4v) is 3.37. The summed E-state index contributed by atoms with van der Waals surface area (Å²) in [7, 11) is 4.34. The van der Waals surface area contributed by atoms with Crippen molar-refractivity contribution in [3.63, 3.8) is 0 Å². The van der Waals surface area contributed by atoms with Gasteiger partial charge in [0.2, 0.25) is 17.6 Å². The number of halogens is 3. The normalized spacial score (nSPS) is 16.3. The van der Waals surface area contributed by atoms with E-state index in [4.69, 9.17) is 14.2 Å². The second-order valence-electron chi connectivity index (χ2n) is 6.86. The van der Waals surface area contributed by atoms with Crippen LogP contribution in [0.25, 0.3) is 0 Å². The third-order valence-electron chi connectivity index (χ3n) is 4.91. The number of rotatable bonds is 6. The first kappa shape index (κ1) is 22.3. The number of amides is 2. The molecule has 1 heterocycles. The zero-order valence-electron chi connectivity index (χ0n) is 17.1. The highest BCUT2D eigenvalue weighted by Gasteiger charge is 2.36. The highest BCUT2D eigenvalue weighted by atomic mass is 19.4. The smallest absolute Gasteiger partial charge is 0.416 e. The van der Waals surface area contributed by atoms with E-state index in [9.17, 15) is 22.8 Å². The van der Waals surface area contributed by atoms with Crippen LogP contribution < -0.4 is 24.4 Å². The van der Waals surface area contributed by atoms with Crippen molar-refractivity contribution in [2.75, 3.05) is 38.1 Å². The number of alkyl halides is 3. The zero-order valence-corrected chi connectivity index (χ0v) is 17.1. The first-order valence-electron chi connectivity index (χ1n) is 9.26. The maximum Gasteiger partial charge on any atom is 0.416 e. The Morgan fingerprint density at radius 2 is 1.71 bits per heavy atom. The van der Waals surface area contributed by atoms with Gasteiger partial charge in [0, 0.05) is 30.8 Å². The van der Waals surface area contributed by atoms with E-state index in [0.29, 0.717) is 22.9 Å². The van der Waals surface area contributed by atoms with Gasteiger partial charge in [0.15, 0.2) is 11.5 Å². The van der Waals surface area contributed by atoms with Gasteiger partial charge in [0.1, 0.15) is 0 Å². The number of ether oxygens (including phenoxy) is 3. The summed E-state index contributed by atoms with van der Waals surface area (Å²) in [6.07, 6.45) is -4.60. The number of nitrogens with zero attached hydrogens (tertiary/aromatic N) is 1. The lowest BCUT2D eigenvalue weighted by Gasteiger charge is -2.20. The van der Waals surface area contributed by atoms with E-state index in [1.54, 1.807) is 12.1 Å². The van der Waals surface area contributed by atoms with Crippen molar-refractivity contribution in [2.24, 2.45) is 5.92 Å². The van der Waals surface area contributed by atoms with Gasteiger partial charge < -0.3 is 24.4 Å². The topological polar surface area (TPSA) is 77.1 Å². The third-order valence-corrected chi connectivity index (χ3v) is 4.91. The lowest BCUT2D eigenvalue weighted by Crippen LogP contribution is -2.28. The number of anilines is 2. The van der Waals surface area contributed by atoms with E-state index < -0.39 is 23.6 Å². The van der Waals surface area contributed by atoms with Crippen LogP contribution in [0.15, 0.2) is 36.4 Å². The first-order chi connectivity index (χ1) is 14.7. The molecule has 2 aromatic rings. The first-order valence-corrected chi connectivity index (χ1v) is 9.26. The fraction of sp³-hybridized carbons (Fsp3) is 0.333. The summed E-state index contributed by atoms with van der Waals surface area (Å²) in [6, 6.07) is 7.52. The lowest BCUT2D eigenvalue weighted by atomic mass is 10.1. The number of carbonyl (C=O) groups excluding carboxylic acids is 2. The Labute approximate surface area is 176 Å². The number of methoxy groups -OCH3 is 3. The number of benzene rings is 2. The molecule has 0 unspecified atom stereocenters. The second-order valence-corrected chi connectivity index (χ2v) is 6.86. The van der Waals surface area contributed by atoms with Gasteiger partial charge in [0.05, 0.1) is 38.5 Å². The largest absolute Gasteiger partial charge is 0.493 e. The third kappa shape index (κ3) is 4.68. The molecule has 166 valence electrons. The lowest BCUT2D eigenvalue weighted by molar-refractivity contribution is -0.137. The Balaban J connectivity index is 1.78. The van der Waals surface area contributed by atoms with Crippen LogP contribution in [-0.2, 0) is 15.8 Å². The number of carbonyl (C=O) groups is 2. The predicted octanol–water partition coefficient (Wildman–Crippen LogP) is 3.72. The van der Waals surface area contributed by atoms with E-state index in [-0.39, 0.29) is 24.6 Å². The minimum Gasteiger partial charge on any atom is -0.493 e.